The zero-order valence-corrected chi connectivity index (χ0v) is 13.5. The van der Waals surface area contributed by atoms with Gasteiger partial charge in [-0.3, -0.25) is 4.79 Å². The summed E-state index contributed by atoms with van der Waals surface area (Å²) in [5.74, 6) is 0.165. The van der Waals surface area contributed by atoms with Gasteiger partial charge < -0.3 is 5.11 Å². The van der Waals surface area contributed by atoms with E-state index in [4.69, 9.17) is 0 Å². The molecule has 4 rings (SSSR count). The van der Waals surface area contributed by atoms with Gasteiger partial charge in [0, 0.05) is 16.7 Å². The topological polar surface area (TPSA) is 37.3 Å². The number of ketones is 1. The van der Waals surface area contributed by atoms with Crippen LogP contribution in [0.15, 0.2) is 91.0 Å². The Morgan fingerprint density at radius 2 is 1.36 bits per heavy atom. The summed E-state index contributed by atoms with van der Waals surface area (Å²) < 4.78 is 0. The monoisotopic (exact) mass is 324 g/mol. The maximum absolute atomic E-state index is 13.1. The van der Waals surface area contributed by atoms with Crippen LogP contribution in [0.2, 0.25) is 0 Å². The van der Waals surface area contributed by atoms with E-state index in [0.29, 0.717) is 11.1 Å². The second kappa shape index (κ2) is 6.25. The van der Waals surface area contributed by atoms with E-state index in [1.807, 2.05) is 78.9 Å². The van der Waals surface area contributed by atoms with Crippen LogP contribution in [0.3, 0.4) is 0 Å². The van der Waals surface area contributed by atoms with Crippen molar-refractivity contribution in [1.29, 1.82) is 0 Å². The average molecular weight is 324 g/mol. The Morgan fingerprint density at radius 3 is 2.08 bits per heavy atom. The summed E-state index contributed by atoms with van der Waals surface area (Å²) in [7, 11) is 0. The Hall–Kier alpha value is -3.39. The van der Waals surface area contributed by atoms with Crippen molar-refractivity contribution in [2.45, 2.75) is 0 Å². The van der Waals surface area contributed by atoms with Crippen molar-refractivity contribution in [1.82, 2.24) is 0 Å². The van der Waals surface area contributed by atoms with Crippen LogP contribution in [0.5, 0.6) is 5.75 Å². The maximum Gasteiger partial charge on any atom is 0.193 e. The number of benzene rings is 4. The first-order chi connectivity index (χ1) is 12.2. The van der Waals surface area contributed by atoms with Crippen LogP contribution >= 0.6 is 0 Å². The number of phenols is 1. The number of fused-ring (bicyclic) bond motifs is 1. The molecule has 0 saturated heterocycles. The third-order valence-corrected chi connectivity index (χ3v) is 4.35. The van der Waals surface area contributed by atoms with Gasteiger partial charge in [-0.05, 0) is 34.5 Å². The molecule has 0 unspecified atom stereocenters. The van der Waals surface area contributed by atoms with Crippen LogP contribution in [-0.2, 0) is 0 Å². The number of hydrogen-bond acceptors (Lipinski definition) is 2. The Labute approximate surface area is 146 Å². The van der Waals surface area contributed by atoms with Crippen LogP contribution in [0.25, 0.3) is 21.9 Å². The van der Waals surface area contributed by atoms with Crippen molar-refractivity contribution < 1.29 is 9.90 Å². The highest BCUT2D eigenvalue weighted by atomic mass is 16.3. The lowest BCUT2D eigenvalue weighted by molar-refractivity contribution is 0.103. The summed E-state index contributed by atoms with van der Waals surface area (Å²) in [5.41, 5.74) is 3.09. The van der Waals surface area contributed by atoms with Crippen molar-refractivity contribution in [3.63, 3.8) is 0 Å². The van der Waals surface area contributed by atoms with Gasteiger partial charge in [0.1, 0.15) is 5.75 Å². The van der Waals surface area contributed by atoms with Gasteiger partial charge in [0.25, 0.3) is 0 Å². The molecular weight excluding hydrogens is 308 g/mol. The zero-order valence-electron chi connectivity index (χ0n) is 13.5. The summed E-state index contributed by atoms with van der Waals surface area (Å²) in [6.45, 7) is 0. The maximum atomic E-state index is 13.1. The van der Waals surface area contributed by atoms with E-state index in [1.165, 1.54) is 0 Å². The predicted molar refractivity (Wildman–Crippen MR) is 101 cm³/mol. The van der Waals surface area contributed by atoms with E-state index in [2.05, 4.69) is 0 Å². The quantitative estimate of drug-likeness (QED) is 0.509. The summed E-state index contributed by atoms with van der Waals surface area (Å²) in [6.07, 6.45) is 0. The molecule has 0 heterocycles. The number of phenolic OH excluding ortho intramolecular Hbond substituents is 1. The minimum absolute atomic E-state index is 0.0234. The first kappa shape index (κ1) is 15.2. The van der Waals surface area contributed by atoms with Crippen LogP contribution in [0, 0.1) is 0 Å². The average Bonchev–Trinajstić information content (AvgIpc) is 2.68. The Bertz CT molecular complexity index is 1050. The molecule has 25 heavy (non-hydrogen) atoms. The molecule has 0 fully saturated rings. The molecule has 0 aliphatic carbocycles. The molecule has 0 radical (unpaired) electrons. The molecule has 2 nitrogen and oxygen atoms in total. The highest BCUT2D eigenvalue weighted by Gasteiger charge is 2.17. The molecule has 120 valence electrons. The third kappa shape index (κ3) is 2.79. The fourth-order valence-corrected chi connectivity index (χ4v) is 3.16. The second-order valence-electron chi connectivity index (χ2n) is 5.95. The number of hydrogen-bond donors (Lipinski definition) is 1. The molecule has 0 atom stereocenters. The van der Waals surface area contributed by atoms with E-state index >= 15 is 0 Å². The normalized spacial score (nSPS) is 10.7. The molecule has 0 aromatic heterocycles. The number of aromatic hydroxyl groups is 1. The second-order valence-corrected chi connectivity index (χ2v) is 5.95. The van der Waals surface area contributed by atoms with E-state index in [9.17, 15) is 9.90 Å². The van der Waals surface area contributed by atoms with E-state index < -0.39 is 0 Å². The minimum atomic E-state index is -0.0234. The zero-order chi connectivity index (χ0) is 17.2. The van der Waals surface area contributed by atoms with E-state index in [1.54, 1.807) is 12.1 Å². The molecule has 0 aliphatic rings. The van der Waals surface area contributed by atoms with Gasteiger partial charge in [-0.2, -0.15) is 0 Å². The van der Waals surface area contributed by atoms with Gasteiger partial charge in [-0.1, -0.05) is 72.8 Å². The van der Waals surface area contributed by atoms with Crippen molar-refractivity contribution in [2.75, 3.05) is 0 Å². The lowest BCUT2D eigenvalue weighted by Crippen LogP contribution is -2.04. The molecule has 0 aliphatic heterocycles. The minimum Gasteiger partial charge on any atom is -0.508 e. The van der Waals surface area contributed by atoms with Gasteiger partial charge in [0.05, 0.1) is 0 Å². The van der Waals surface area contributed by atoms with Crippen LogP contribution in [0.1, 0.15) is 15.9 Å². The van der Waals surface area contributed by atoms with Crippen LogP contribution in [-0.4, -0.2) is 10.9 Å². The lowest BCUT2D eigenvalue weighted by atomic mass is 9.89. The number of carbonyl (C=O) groups is 1. The molecule has 2 heteroatoms. The van der Waals surface area contributed by atoms with Gasteiger partial charge in [0.2, 0.25) is 0 Å². The summed E-state index contributed by atoms with van der Waals surface area (Å²) in [4.78, 5) is 13.1. The van der Waals surface area contributed by atoms with Crippen LogP contribution < -0.4 is 0 Å². The van der Waals surface area contributed by atoms with Crippen molar-refractivity contribution in [2.24, 2.45) is 0 Å². The fourth-order valence-electron chi connectivity index (χ4n) is 3.16. The number of rotatable bonds is 3. The predicted octanol–water partition coefficient (Wildman–Crippen LogP) is 5.44. The molecule has 1 N–H and O–H groups in total. The fraction of sp³-hybridized carbons (Fsp3) is 0. The highest BCUT2D eigenvalue weighted by Crippen LogP contribution is 2.35. The Kier molecular flexibility index (Phi) is 3.79. The molecule has 0 spiro atoms. The SMILES string of the molecule is O=C(c1ccccc1)c1ccc2ccc(O)cc2c1-c1ccccc1. The van der Waals surface area contributed by atoms with E-state index in [-0.39, 0.29) is 11.5 Å². The van der Waals surface area contributed by atoms with E-state index in [0.717, 1.165) is 21.9 Å². The molecule has 0 bridgehead atoms. The summed E-state index contributed by atoms with van der Waals surface area (Å²) in [6, 6.07) is 28.1. The number of carbonyl (C=O) groups excluding carboxylic acids is 1. The third-order valence-electron chi connectivity index (χ3n) is 4.35. The standard InChI is InChI=1S/C23H16O2/c24-19-13-11-16-12-14-20(23(25)18-9-5-2-6-10-18)22(21(16)15-19)17-7-3-1-4-8-17/h1-15,24H. The summed E-state index contributed by atoms with van der Waals surface area (Å²) in [5, 5.41) is 11.8. The first-order valence-corrected chi connectivity index (χ1v) is 8.15. The molecule has 4 aromatic carbocycles. The summed E-state index contributed by atoms with van der Waals surface area (Å²) >= 11 is 0. The van der Waals surface area contributed by atoms with Gasteiger partial charge in [0.15, 0.2) is 5.78 Å². The smallest absolute Gasteiger partial charge is 0.193 e. The van der Waals surface area contributed by atoms with Crippen molar-refractivity contribution >= 4 is 16.6 Å². The van der Waals surface area contributed by atoms with Gasteiger partial charge in [-0.15, -0.1) is 0 Å². The Morgan fingerprint density at radius 1 is 0.720 bits per heavy atom. The van der Waals surface area contributed by atoms with Crippen molar-refractivity contribution in [3.05, 3.63) is 102 Å². The van der Waals surface area contributed by atoms with Crippen LogP contribution in [0.4, 0.5) is 0 Å². The first-order valence-electron chi connectivity index (χ1n) is 8.15. The highest BCUT2D eigenvalue weighted by molar-refractivity contribution is 6.17. The molecule has 4 aromatic rings. The lowest BCUT2D eigenvalue weighted by Gasteiger charge is -2.13. The molecule has 0 amide bonds. The van der Waals surface area contributed by atoms with Gasteiger partial charge >= 0.3 is 0 Å². The Balaban J connectivity index is 2.03. The van der Waals surface area contributed by atoms with Crippen molar-refractivity contribution in [3.8, 4) is 16.9 Å². The van der Waals surface area contributed by atoms with Gasteiger partial charge in [-0.25, -0.2) is 0 Å². The largest absolute Gasteiger partial charge is 0.508 e. The molecule has 0 saturated carbocycles. The molecular formula is C23H16O2.